The summed E-state index contributed by atoms with van der Waals surface area (Å²) < 4.78 is 0. The van der Waals surface area contributed by atoms with E-state index >= 15 is 0 Å². The van der Waals surface area contributed by atoms with Gasteiger partial charge in [0, 0.05) is 32.7 Å². The molecule has 1 heterocycles. The number of aryl methyl sites for hydroxylation is 1. The van der Waals surface area contributed by atoms with E-state index < -0.39 is 0 Å². The molecule has 0 N–H and O–H groups in total. The van der Waals surface area contributed by atoms with E-state index in [4.69, 9.17) is 0 Å². The number of hydrogen-bond donors (Lipinski definition) is 0. The van der Waals surface area contributed by atoms with Gasteiger partial charge in [-0.25, -0.2) is 12.1 Å². The van der Waals surface area contributed by atoms with Crippen molar-refractivity contribution in [2.75, 3.05) is 0 Å². The molecule has 0 unspecified atom stereocenters. The fraction of sp³-hybridized carbons (Fsp3) is 0.200. The number of thiophene rings is 1. The summed E-state index contributed by atoms with van der Waals surface area (Å²) in [6, 6.07) is 4.92. The van der Waals surface area contributed by atoms with E-state index in [1.807, 2.05) is 11.4 Å². The molecule has 0 amide bonds. The summed E-state index contributed by atoms with van der Waals surface area (Å²) in [5.74, 6) is 0. The molecule has 1 aromatic rings. The molecular weight excluding hydrogens is 181 g/mol. The van der Waals surface area contributed by atoms with Crippen LogP contribution in [-0.4, -0.2) is 0 Å². The summed E-state index contributed by atoms with van der Waals surface area (Å²) in [7, 11) is 0. The summed E-state index contributed by atoms with van der Waals surface area (Å²) in [6.07, 6.45) is 0. The molecule has 1 radical (unpaired) electrons. The van der Waals surface area contributed by atoms with Gasteiger partial charge in [-0.3, -0.25) is 11.3 Å². The standard InChI is InChI=1S/C5H5S.Y/c1-5-3-2-4-6-5;/h3-4H,1H3;/q-1;. The van der Waals surface area contributed by atoms with Gasteiger partial charge in [0.2, 0.25) is 0 Å². The Bertz CT molecular complexity index is 112. The molecule has 0 aliphatic heterocycles. The van der Waals surface area contributed by atoms with Crippen molar-refractivity contribution in [2.45, 2.75) is 6.92 Å². The predicted molar refractivity (Wildman–Crippen MR) is 27.9 cm³/mol. The molecule has 0 aliphatic carbocycles. The minimum atomic E-state index is 0. The zero-order chi connectivity index (χ0) is 4.41. The van der Waals surface area contributed by atoms with Crippen LogP contribution in [0.25, 0.3) is 0 Å². The first-order chi connectivity index (χ1) is 2.89. The van der Waals surface area contributed by atoms with E-state index in [1.54, 1.807) is 11.3 Å². The Morgan fingerprint density at radius 1 is 1.71 bits per heavy atom. The van der Waals surface area contributed by atoms with Gasteiger partial charge < -0.3 is 0 Å². The maximum Gasteiger partial charge on any atom is 0 e. The van der Waals surface area contributed by atoms with Crippen LogP contribution in [0.1, 0.15) is 4.88 Å². The van der Waals surface area contributed by atoms with Crippen LogP contribution in [0.15, 0.2) is 11.4 Å². The molecule has 1 rings (SSSR count). The molecule has 0 aromatic carbocycles. The fourth-order valence-corrected chi connectivity index (χ4v) is 0.770. The third kappa shape index (κ3) is 2.58. The molecule has 0 saturated carbocycles. The summed E-state index contributed by atoms with van der Waals surface area (Å²) in [5, 5.41) is 1.95. The van der Waals surface area contributed by atoms with Crippen molar-refractivity contribution in [3.05, 3.63) is 22.4 Å². The van der Waals surface area contributed by atoms with Crippen molar-refractivity contribution in [1.29, 1.82) is 0 Å². The van der Waals surface area contributed by atoms with Crippen molar-refractivity contribution in [2.24, 2.45) is 0 Å². The van der Waals surface area contributed by atoms with E-state index in [1.165, 1.54) is 4.88 Å². The molecule has 1 aromatic heterocycles. The van der Waals surface area contributed by atoms with Gasteiger partial charge in [-0.2, -0.15) is 0 Å². The number of hydrogen-bond acceptors (Lipinski definition) is 1. The third-order valence-corrected chi connectivity index (χ3v) is 1.34. The smallest absolute Gasteiger partial charge is 0 e. The van der Waals surface area contributed by atoms with Crippen LogP contribution in [0, 0.1) is 13.0 Å². The molecule has 0 fully saturated rings. The van der Waals surface area contributed by atoms with Crippen LogP contribution >= 0.6 is 11.3 Å². The molecule has 0 spiro atoms. The van der Waals surface area contributed by atoms with Crippen molar-refractivity contribution >= 4 is 11.3 Å². The molecule has 0 atom stereocenters. The van der Waals surface area contributed by atoms with Crippen molar-refractivity contribution in [1.82, 2.24) is 0 Å². The van der Waals surface area contributed by atoms with Gasteiger partial charge in [-0.1, -0.05) is 6.92 Å². The topological polar surface area (TPSA) is 0 Å². The molecule has 0 bridgehead atoms. The van der Waals surface area contributed by atoms with Gasteiger partial charge in [0.05, 0.1) is 0 Å². The normalized spacial score (nSPS) is 7.57. The second-order valence-electron chi connectivity index (χ2n) is 1.16. The molecular formula is C5H5SY-. The van der Waals surface area contributed by atoms with Crippen molar-refractivity contribution in [3.63, 3.8) is 0 Å². The summed E-state index contributed by atoms with van der Waals surface area (Å²) in [5.41, 5.74) is 0. The Kier molecular flexibility index (Phi) is 4.20. The Morgan fingerprint density at radius 3 is 2.57 bits per heavy atom. The summed E-state index contributed by atoms with van der Waals surface area (Å²) >= 11 is 1.72. The van der Waals surface area contributed by atoms with E-state index in [0.717, 1.165) is 0 Å². The number of rotatable bonds is 0. The Hall–Kier alpha value is 0.804. The van der Waals surface area contributed by atoms with Crippen LogP contribution in [0.3, 0.4) is 0 Å². The zero-order valence-electron chi connectivity index (χ0n) is 4.14. The molecule has 0 nitrogen and oxygen atoms in total. The maximum absolute atomic E-state index is 2.95. The van der Waals surface area contributed by atoms with E-state index in [-0.39, 0.29) is 32.7 Å². The Morgan fingerprint density at radius 2 is 2.43 bits per heavy atom. The first-order valence-corrected chi connectivity index (χ1v) is 2.69. The van der Waals surface area contributed by atoms with Crippen LogP contribution in [-0.2, 0) is 32.7 Å². The average Bonchev–Trinajstić information content (AvgIpc) is 1.86. The monoisotopic (exact) mass is 186 g/mol. The van der Waals surface area contributed by atoms with Crippen molar-refractivity contribution < 1.29 is 32.7 Å². The average molecular weight is 186 g/mol. The first kappa shape index (κ1) is 7.80. The van der Waals surface area contributed by atoms with Crippen LogP contribution in [0.4, 0.5) is 0 Å². The molecule has 7 heavy (non-hydrogen) atoms. The van der Waals surface area contributed by atoms with Crippen LogP contribution in [0.5, 0.6) is 0 Å². The molecule has 35 valence electrons. The summed E-state index contributed by atoms with van der Waals surface area (Å²) in [4.78, 5) is 1.33. The van der Waals surface area contributed by atoms with Crippen LogP contribution < -0.4 is 0 Å². The van der Waals surface area contributed by atoms with Gasteiger partial charge in [0.25, 0.3) is 0 Å². The minimum absolute atomic E-state index is 0. The van der Waals surface area contributed by atoms with Gasteiger partial charge in [0.15, 0.2) is 0 Å². The van der Waals surface area contributed by atoms with Gasteiger partial charge in [-0.05, 0) is 0 Å². The van der Waals surface area contributed by atoms with Gasteiger partial charge in [-0.15, -0.1) is 10.3 Å². The van der Waals surface area contributed by atoms with E-state index in [2.05, 4.69) is 13.0 Å². The van der Waals surface area contributed by atoms with E-state index in [9.17, 15) is 0 Å². The second-order valence-corrected chi connectivity index (χ2v) is 2.27. The van der Waals surface area contributed by atoms with Gasteiger partial charge in [0.1, 0.15) is 0 Å². The molecule has 2 heteroatoms. The van der Waals surface area contributed by atoms with Gasteiger partial charge >= 0.3 is 0 Å². The van der Waals surface area contributed by atoms with Crippen LogP contribution in [0.2, 0.25) is 0 Å². The largest absolute Gasteiger partial charge is 0.270 e. The Balaban J connectivity index is 0.000000360. The predicted octanol–water partition coefficient (Wildman–Crippen LogP) is 1.85. The third-order valence-electron chi connectivity index (χ3n) is 0.599. The molecule has 0 aliphatic rings. The van der Waals surface area contributed by atoms with E-state index in [0.29, 0.717) is 0 Å². The second kappa shape index (κ2) is 3.76. The molecule has 0 saturated heterocycles. The Labute approximate surface area is 72.8 Å². The fourth-order valence-electron chi connectivity index (χ4n) is 0.312. The SMILES string of the molecule is Cc1c[c-]cs1.[Y]. The minimum Gasteiger partial charge on any atom is -0.270 e. The van der Waals surface area contributed by atoms with Crippen molar-refractivity contribution in [3.8, 4) is 0 Å². The zero-order valence-corrected chi connectivity index (χ0v) is 7.80. The quantitative estimate of drug-likeness (QED) is 0.542. The first-order valence-electron chi connectivity index (χ1n) is 1.81. The summed E-state index contributed by atoms with van der Waals surface area (Å²) in [6.45, 7) is 2.07. The maximum atomic E-state index is 2.95.